The number of aromatic amines is 1. The number of carbonyl (C=O) groups excluding carboxylic acids is 1. The van der Waals surface area contributed by atoms with Crippen molar-refractivity contribution in [3.05, 3.63) is 22.8 Å². The first kappa shape index (κ1) is 8.25. The number of nitrogens with one attached hydrogen (secondary N) is 2. The molecule has 2 rings (SSSR count). The third-order valence-corrected chi connectivity index (χ3v) is 2.44. The van der Waals surface area contributed by atoms with Crippen molar-refractivity contribution in [3.63, 3.8) is 0 Å². The molecule has 1 aromatic heterocycles. The van der Waals surface area contributed by atoms with Crippen LogP contribution in [-0.4, -0.2) is 16.6 Å². The Balaban J connectivity index is 2.72. The van der Waals surface area contributed by atoms with Crippen LogP contribution in [0.25, 0.3) is 10.9 Å². The zero-order valence-electron chi connectivity index (χ0n) is 6.54. The maximum absolute atomic E-state index is 10.3. The lowest BCUT2D eigenvalue weighted by Gasteiger charge is -2.02. The van der Waals surface area contributed by atoms with Gasteiger partial charge in [0.05, 0.1) is 17.4 Å². The molecule has 0 atom stereocenters. The number of nitrogens with zero attached hydrogens (tertiary/aromatic N) is 1. The van der Waals surface area contributed by atoms with Crippen LogP contribution in [0.5, 0.6) is 0 Å². The third-order valence-electron chi connectivity index (χ3n) is 1.78. The Labute approximate surface area is 82.5 Å². The van der Waals surface area contributed by atoms with Gasteiger partial charge in [-0.15, -0.1) is 0 Å². The van der Waals surface area contributed by atoms with Crippen molar-refractivity contribution in [3.8, 4) is 0 Å². The van der Waals surface area contributed by atoms with Gasteiger partial charge in [0.1, 0.15) is 0 Å². The van der Waals surface area contributed by atoms with Gasteiger partial charge in [-0.25, -0.2) is 0 Å². The van der Waals surface area contributed by atoms with Crippen LogP contribution in [-0.2, 0) is 4.79 Å². The molecule has 0 saturated heterocycles. The summed E-state index contributed by atoms with van der Waals surface area (Å²) in [5, 5.41) is 10.2. The first-order valence-corrected chi connectivity index (χ1v) is 4.44. The Morgan fingerprint density at radius 1 is 1.54 bits per heavy atom. The van der Waals surface area contributed by atoms with Crippen molar-refractivity contribution in [2.75, 3.05) is 5.32 Å². The molecule has 2 aromatic rings. The van der Waals surface area contributed by atoms with Crippen LogP contribution in [0.2, 0.25) is 0 Å². The molecule has 13 heavy (non-hydrogen) atoms. The van der Waals surface area contributed by atoms with E-state index >= 15 is 0 Å². The van der Waals surface area contributed by atoms with Gasteiger partial charge in [-0.3, -0.25) is 9.89 Å². The fraction of sp³-hybridized carbons (Fsp3) is 0. The summed E-state index contributed by atoms with van der Waals surface area (Å²) in [6.07, 6.45) is 2.32. The average Bonchev–Trinajstić information content (AvgIpc) is 2.58. The molecule has 0 bridgehead atoms. The van der Waals surface area contributed by atoms with Gasteiger partial charge in [-0.1, -0.05) is 0 Å². The highest BCUT2D eigenvalue weighted by molar-refractivity contribution is 9.10. The van der Waals surface area contributed by atoms with E-state index in [1.165, 1.54) is 0 Å². The molecular weight excluding hydrogens is 234 g/mol. The number of benzene rings is 1. The van der Waals surface area contributed by atoms with E-state index in [0.29, 0.717) is 6.41 Å². The highest BCUT2D eigenvalue weighted by Crippen LogP contribution is 2.29. The van der Waals surface area contributed by atoms with Gasteiger partial charge in [0.2, 0.25) is 6.41 Å². The number of amides is 1. The summed E-state index contributed by atoms with van der Waals surface area (Å²) in [6.45, 7) is 0. The average molecular weight is 240 g/mol. The van der Waals surface area contributed by atoms with Gasteiger partial charge in [0.25, 0.3) is 0 Å². The minimum absolute atomic E-state index is 0.645. The Morgan fingerprint density at radius 2 is 2.38 bits per heavy atom. The number of rotatable bonds is 2. The van der Waals surface area contributed by atoms with E-state index in [4.69, 9.17) is 0 Å². The Morgan fingerprint density at radius 3 is 3.15 bits per heavy atom. The Bertz CT molecular complexity index is 452. The molecule has 0 aliphatic carbocycles. The predicted molar refractivity (Wildman–Crippen MR) is 53.5 cm³/mol. The number of aromatic nitrogens is 2. The second kappa shape index (κ2) is 3.18. The molecule has 0 spiro atoms. The van der Waals surface area contributed by atoms with Gasteiger partial charge in [-0.05, 0) is 28.1 Å². The lowest BCUT2D eigenvalue weighted by atomic mass is 10.2. The van der Waals surface area contributed by atoms with Crippen LogP contribution in [0.15, 0.2) is 22.8 Å². The summed E-state index contributed by atoms with van der Waals surface area (Å²) in [7, 11) is 0. The second-order valence-corrected chi connectivity index (χ2v) is 3.37. The normalized spacial score (nSPS) is 10.2. The van der Waals surface area contributed by atoms with Crippen LogP contribution >= 0.6 is 15.9 Å². The smallest absolute Gasteiger partial charge is 0.211 e. The summed E-state index contributed by atoms with van der Waals surface area (Å²) in [6, 6.07) is 3.74. The highest BCUT2D eigenvalue weighted by Gasteiger charge is 2.05. The molecular formula is C8H6BrN3O. The van der Waals surface area contributed by atoms with Gasteiger partial charge in [0.15, 0.2) is 0 Å². The van der Waals surface area contributed by atoms with Crippen molar-refractivity contribution in [2.45, 2.75) is 0 Å². The van der Waals surface area contributed by atoms with E-state index in [2.05, 4.69) is 31.4 Å². The first-order valence-electron chi connectivity index (χ1n) is 3.64. The number of fused-ring (bicyclic) bond motifs is 1. The van der Waals surface area contributed by atoms with E-state index in [1.807, 2.05) is 12.1 Å². The maximum atomic E-state index is 10.3. The molecule has 1 heterocycles. The largest absolute Gasteiger partial charge is 0.327 e. The second-order valence-electron chi connectivity index (χ2n) is 2.52. The molecule has 4 nitrogen and oxygen atoms in total. The van der Waals surface area contributed by atoms with Crippen molar-refractivity contribution < 1.29 is 4.79 Å². The van der Waals surface area contributed by atoms with Crippen molar-refractivity contribution in [1.82, 2.24) is 10.2 Å². The molecule has 1 aromatic carbocycles. The zero-order chi connectivity index (χ0) is 9.26. The van der Waals surface area contributed by atoms with Crippen molar-refractivity contribution in [2.24, 2.45) is 0 Å². The number of H-pyrrole nitrogens is 1. The number of carbonyl (C=O) groups is 1. The van der Waals surface area contributed by atoms with Crippen LogP contribution in [0, 0.1) is 0 Å². The topological polar surface area (TPSA) is 57.8 Å². The number of hydrogen-bond donors (Lipinski definition) is 2. The molecule has 66 valence electrons. The van der Waals surface area contributed by atoms with Crippen LogP contribution in [0.4, 0.5) is 5.69 Å². The monoisotopic (exact) mass is 239 g/mol. The Kier molecular flexibility index (Phi) is 2.02. The third kappa shape index (κ3) is 1.31. The molecule has 0 radical (unpaired) electrons. The van der Waals surface area contributed by atoms with E-state index in [1.54, 1.807) is 6.20 Å². The molecule has 5 heteroatoms. The first-order chi connectivity index (χ1) is 6.33. The van der Waals surface area contributed by atoms with E-state index in [-0.39, 0.29) is 0 Å². The summed E-state index contributed by atoms with van der Waals surface area (Å²) < 4.78 is 0.841. The van der Waals surface area contributed by atoms with E-state index in [0.717, 1.165) is 21.1 Å². The molecule has 0 fully saturated rings. The van der Waals surface area contributed by atoms with Gasteiger partial charge in [0, 0.05) is 9.86 Å². The fourth-order valence-electron chi connectivity index (χ4n) is 1.20. The lowest BCUT2D eigenvalue weighted by molar-refractivity contribution is -0.105. The molecule has 0 saturated carbocycles. The number of halogens is 1. The van der Waals surface area contributed by atoms with E-state index < -0.39 is 0 Å². The number of hydrogen-bond acceptors (Lipinski definition) is 2. The van der Waals surface area contributed by atoms with Gasteiger partial charge in [-0.2, -0.15) is 5.10 Å². The SMILES string of the molecule is O=CNc1c(Br)ccc2[nH]ncc12. The molecule has 1 amide bonds. The molecule has 0 aliphatic rings. The zero-order valence-corrected chi connectivity index (χ0v) is 8.13. The van der Waals surface area contributed by atoms with E-state index in [9.17, 15) is 4.79 Å². The van der Waals surface area contributed by atoms with Crippen LogP contribution in [0.1, 0.15) is 0 Å². The molecule has 2 N–H and O–H groups in total. The maximum Gasteiger partial charge on any atom is 0.211 e. The fourth-order valence-corrected chi connectivity index (χ4v) is 1.66. The molecule has 0 unspecified atom stereocenters. The van der Waals surface area contributed by atoms with Gasteiger partial charge < -0.3 is 5.32 Å². The number of anilines is 1. The quantitative estimate of drug-likeness (QED) is 0.787. The lowest BCUT2D eigenvalue weighted by Crippen LogP contribution is -1.94. The summed E-state index contributed by atoms with van der Waals surface area (Å²) in [5.74, 6) is 0. The summed E-state index contributed by atoms with van der Waals surface area (Å²) in [4.78, 5) is 10.3. The van der Waals surface area contributed by atoms with Crippen molar-refractivity contribution in [1.29, 1.82) is 0 Å². The molecule has 0 aliphatic heterocycles. The van der Waals surface area contributed by atoms with Gasteiger partial charge >= 0.3 is 0 Å². The minimum atomic E-state index is 0.645. The van der Waals surface area contributed by atoms with Crippen LogP contribution < -0.4 is 5.32 Å². The summed E-state index contributed by atoms with van der Waals surface area (Å²) >= 11 is 3.34. The summed E-state index contributed by atoms with van der Waals surface area (Å²) in [5.41, 5.74) is 1.63. The highest BCUT2D eigenvalue weighted by atomic mass is 79.9. The van der Waals surface area contributed by atoms with Crippen molar-refractivity contribution >= 4 is 38.9 Å². The standard InChI is InChI=1S/C8H6BrN3O/c9-6-1-2-7-5(3-11-12-7)8(6)10-4-13/h1-4H,(H,10,13)(H,11,12). The Hall–Kier alpha value is -1.36. The predicted octanol–water partition coefficient (Wildman–Crippen LogP) is 1.89. The minimum Gasteiger partial charge on any atom is -0.327 e. The van der Waals surface area contributed by atoms with Crippen LogP contribution in [0.3, 0.4) is 0 Å².